The van der Waals surface area contributed by atoms with Gasteiger partial charge in [0.25, 0.3) is 5.22 Å². The Morgan fingerprint density at radius 1 is 1.33 bits per heavy atom. The molecule has 0 radical (unpaired) electrons. The van der Waals surface area contributed by atoms with Gasteiger partial charge in [-0.15, -0.1) is 10.2 Å². The molecule has 2 atom stereocenters. The van der Waals surface area contributed by atoms with Crippen LogP contribution in [0.1, 0.15) is 31.3 Å². The SMILES string of the molecule is CC(Sc1nnc(Cn2cncn2)o1)C(=O)NC(C)c1ccc(Cl)cc1Cl. The lowest BCUT2D eigenvalue weighted by Gasteiger charge is -2.18. The van der Waals surface area contributed by atoms with Gasteiger partial charge in [0.05, 0.1) is 11.3 Å². The summed E-state index contributed by atoms with van der Waals surface area (Å²) >= 11 is 13.3. The van der Waals surface area contributed by atoms with Crippen LogP contribution in [0.2, 0.25) is 10.0 Å². The molecule has 0 aliphatic carbocycles. The van der Waals surface area contributed by atoms with Gasteiger partial charge in [0.15, 0.2) is 0 Å². The van der Waals surface area contributed by atoms with Crippen LogP contribution in [0.15, 0.2) is 40.5 Å². The van der Waals surface area contributed by atoms with Gasteiger partial charge in [-0.3, -0.25) is 4.79 Å². The third kappa shape index (κ3) is 5.21. The van der Waals surface area contributed by atoms with E-state index in [9.17, 15) is 4.79 Å². The number of benzene rings is 1. The summed E-state index contributed by atoms with van der Waals surface area (Å²) in [6.07, 6.45) is 2.98. The Kier molecular flexibility index (Phi) is 6.35. The maximum Gasteiger partial charge on any atom is 0.277 e. The number of carbonyl (C=O) groups is 1. The van der Waals surface area contributed by atoms with Crippen molar-refractivity contribution in [2.45, 2.75) is 36.9 Å². The molecule has 0 aliphatic heterocycles. The first kappa shape index (κ1) is 19.7. The molecule has 8 nitrogen and oxygen atoms in total. The van der Waals surface area contributed by atoms with Crippen LogP contribution in [0, 0.1) is 0 Å². The fraction of sp³-hybridized carbons (Fsp3) is 0.312. The zero-order valence-electron chi connectivity index (χ0n) is 14.5. The maximum absolute atomic E-state index is 12.5. The van der Waals surface area contributed by atoms with Crippen LogP contribution in [0.4, 0.5) is 0 Å². The van der Waals surface area contributed by atoms with Crippen molar-refractivity contribution in [1.82, 2.24) is 30.3 Å². The minimum absolute atomic E-state index is 0.172. The fourth-order valence-electron chi connectivity index (χ4n) is 2.27. The maximum atomic E-state index is 12.5. The van der Waals surface area contributed by atoms with Crippen molar-refractivity contribution in [2.75, 3.05) is 0 Å². The Labute approximate surface area is 169 Å². The standard InChI is InChI=1S/C16H16Cl2N6O2S/c1-9(12-4-3-11(17)5-13(12)18)21-15(25)10(2)27-16-23-22-14(26-16)6-24-8-19-7-20-24/h3-5,7-10H,6H2,1-2H3,(H,21,25). The molecular formula is C16H16Cl2N6O2S. The largest absolute Gasteiger partial charge is 0.414 e. The van der Waals surface area contributed by atoms with E-state index in [-0.39, 0.29) is 11.9 Å². The number of rotatable bonds is 7. The smallest absolute Gasteiger partial charge is 0.277 e. The lowest BCUT2D eigenvalue weighted by molar-refractivity contribution is -0.120. The number of thioether (sulfide) groups is 1. The Hall–Kier alpha value is -2.10. The summed E-state index contributed by atoms with van der Waals surface area (Å²) < 4.78 is 7.10. The van der Waals surface area contributed by atoms with Crippen molar-refractivity contribution < 1.29 is 9.21 Å². The molecule has 0 saturated heterocycles. The molecule has 3 aromatic rings. The molecular weight excluding hydrogens is 411 g/mol. The van der Waals surface area contributed by atoms with E-state index in [0.717, 1.165) is 5.56 Å². The lowest BCUT2D eigenvalue weighted by Crippen LogP contribution is -2.33. The molecule has 27 heavy (non-hydrogen) atoms. The molecule has 142 valence electrons. The Bertz CT molecular complexity index is 918. The quantitative estimate of drug-likeness (QED) is 0.577. The predicted molar refractivity (Wildman–Crippen MR) is 102 cm³/mol. The predicted octanol–water partition coefficient (Wildman–Crippen LogP) is 3.37. The van der Waals surface area contributed by atoms with Crippen LogP contribution >= 0.6 is 35.0 Å². The van der Waals surface area contributed by atoms with E-state index in [1.807, 2.05) is 6.92 Å². The van der Waals surface area contributed by atoms with E-state index in [0.29, 0.717) is 27.7 Å². The van der Waals surface area contributed by atoms with E-state index in [2.05, 4.69) is 25.6 Å². The monoisotopic (exact) mass is 426 g/mol. The fourth-order valence-corrected chi connectivity index (χ4v) is 3.55. The van der Waals surface area contributed by atoms with Crippen molar-refractivity contribution >= 4 is 40.9 Å². The van der Waals surface area contributed by atoms with E-state index >= 15 is 0 Å². The van der Waals surface area contributed by atoms with Crippen LogP contribution in [0.5, 0.6) is 0 Å². The number of carbonyl (C=O) groups excluding carboxylic acids is 1. The van der Waals surface area contributed by atoms with Crippen LogP contribution in [-0.2, 0) is 11.3 Å². The minimum atomic E-state index is -0.432. The Morgan fingerprint density at radius 3 is 2.85 bits per heavy atom. The first-order chi connectivity index (χ1) is 12.9. The second-order valence-corrected chi connectivity index (χ2v) is 7.85. The lowest BCUT2D eigenvalue weighted by atomic mass is 10.1. The number of halogens is 2. The molecule has 11 heteroatoms. The van der Waals surface area contributed by atoms with Gasteiger partial charge < -0.3 is 9.73 Å². The van der Waals surface area contributed by atoms with Crippen molar-refractivity contribution in [1.29, 1.82) is 0 Å². The van der Waals surface area contributed by atoms with Gasteiger partial charge in [-0.1, -0.05) is 41.0 Å². The highest BCUT2D eigenvalue weighted by Crippen LogP contribution is 2.27. The summed E-state index contributed by atoms with van der Waals surface area (Å²) in [7, 11) is 0. The highest BCUT2D eigenvalue weighted by atomic mass is 35.5. The highest BCUT2D eigenvalue weighted by Gasteiger charge is 2.21. The number of aromatic nitrogens is 5. The summed E-state index contributed by atoms with van der Waals surface area (Å²) in [5.41, 5.74) is 0.791. The zero-order valence-corrected chi connectivity index (χ0v) is 16.8. The summed E-state index contributed by atoms with van der Waals surface area (Å²) in [6, 6.07) is 4.91. The third-order valence-corrected chi connectivity index (χ3v) is 5.14. The normalized spacial score (nSPS) is 13.3. The van der Waals surface area contributed by atoms with Gasteiger partial charge in [0.1, 0.15) is 19.2 Å². The summed E-state index contributed by atoms with van der Waals surface area (Å²) in [4.78, 5) is 16.3. The van der Waals surface area contributed by atoms with Crippen molar-refractivity contribution in [3.05, 3.63) is 52.4 Å². The van der Waals surface area contributed by atoms with Crippen molar-refractivity contribution in [2.24, 2.45) is 0 Å². The molecule has 1 amide bonds. The highest BCUT2D eigenvalue weighted by molar-refractivity contribution is 8.00. The van der Waals surface area contributed by atoms with Crippen molar-refractivity contribution in [3.63, 3.8) is 0 Å². The minimum Gasteiger partial charge on any atom is -0.414 e. The average Bonchev–Trinajstić information content (AvgIpc) is 3.27. The molecule has 1 aromatic carbocycles. The Morgan fingerprint density at radius 2 is 2.15 bits per heavy atom. The Balaban J connectivity index is 1.56. The summed E-state index contributed by atoms with van der Waals surface area (Å²) in [5, 5.41) is 15.7. The first-order valence-corrected chi connectivity index (χ1v) is 9.62. The molecule has 0 spiro atoms. The molecule has 2 aromatic heterocycles. The van der Waals surface area contributed by atoms with Gasteiger partial charge in [0, 0.05) is 10.0 Å². The van der Waals surface area contributed by atoms with E-state index in [4.69, 9.17) is 27.6 Å². The molecule has 0 saturated carbocycles. The van der Waals surface area contributed by atoms with E-state index < -0.39 is 5.25 Å². The third-order valence-electron chi connectivity index (χ3n) is 3.65. The number of nitrogens with zero attached hydrogens (tertiary/aromatic N) is 5. The van der Waals surface area contributed by atoms with Crippen LogP contribution in [-0.4, -0.2) is 36.1 Å². The number of hydrogen-bond donors (Lipinski definition) is 1. The topological polar surface area (TPSA) is 98.7 Å². The second-order valence-electron chi connectivity index (χ2n) is 5.71. The van der Waals surface area contributed by atoms with Gasteiger partial charge in [-0.25, -0.2) is 9.67 Å². The molecule has 0 fully saturated rings. The number of hydrogen-bond acceptors (Lipinski definition) is 7. The molecule has 0 aliphatic rings. The van der Waals surface area contributed by atoms with Crippen LogP contribution in [0.3, 0.4) is 0 Å². The van der Waals surface area contributed by atoms with Crippen molar-refractivity contribution in [3.8, 4) is 0 Å². The first-order valence-electron chi connectivity index (χ1n) is 7.99. The van der Waals surface area contributed by atoms with E-state index in [1.165, 1.54) is 18.1 Å². The molecule has 2 heterocycles. The molecule has 3 rings (SSSR count). The molecule has 0 bridgehead atoms. The molecule has 2 unspecified atom stereocenters. The zero-order chi connectivity index (χ0) is 19.4. The number of amides is 1. The van der Waals surface area contributed by atoms with Crippen LogP contribution in [0.25, 0.3) is 0 Å². The summed E-state index contributed by atoms with van der Waals surface area (Å²) in [5.74, 6) is 0.214. The van der Waals surface area contributed by atoms with Crippen LogP contribution < -0.4 is 5.32 Å². The van der Waals surface area contributed by atoms with Gasteiger partial charge in [-0.05, 0) is 31.5 Å². The molecule has 1 N–H and O–H groups in total. The number of nitrogens with one attached hydrogen (secondary N) is 1. The average molecular weight is 427 g/mol. The van der Waals surface area contributed by atoms with Gasteiger partial charge in [0.2, 0.25) is 11.8 Å². The van der Waals surface area contributed by atoms with E-state index in [1.54, 1.807) is 36.1 Å². The second kappa shape index (κ2) is 8.73. The van der Waals surface area contributed by atoms with Gasteiger partial charge in [-0.2, -0.15) is 5.10 Å². The summed E-state index contributed by atoms with van der Waals surface area (Å²) in [6.45, 7) is 3.94. The van der Waals surface area contributed by atoms with Gasteiger partial charge >= 0.3 is 0 Å².